The fraction of sp³-hybridized carbons (Fsp3) is 0.600. The highest BCUT2D eigenvalue weighted by molar-refractivity contribution is 9.10. The average molecular weight is 309 g/mol. The van der Waals surface area contributed by atoms with E-state index < -0.39 is 0 Å². The molecule has 3 heteroatoms. The molecule has 2 unspecified atom stereocenters. The van der Waals surface area contributed by atoms with Crippen molar-refractivity contribution < 1.29 is 0 Å². The number of halogens is 1. The molecule has 98 valence electrons. The first-order chi connectivity index (χ1) is 8.79. The first-order valence-electron chi connectivity index (χ1n) is 7.01. The lowest BCUT2D eigenvalue weighted by atomic mass is 9.95. The van der Waals surface area contributed by atoms with E-state index in [0.29, 0.717) is 12.0 Å². The van der Waals surface area contributed by atoms with Gasteiger partial charge in [0.2, 0.25) is 0 Å². The van der Waals surface area contributed by atoms with Crippen LogP contribution in [-0.4, -0.2) is 24.5 Å². The maximum Gasteiger partial charge on any atom is 0.0354 e. The van der Waals surface area contributed by atoms with Crippen LogP contribution in [0.15, 0.2) is 22.7 Å². The number of piperidine rings is 1. The highest BCUT2D eigenvalue weighted by Crippen LogP contribution is 2.40. The van der Waals surface area contributed by atoms with Gasteiger partial charge in [-0.15, -0.1) is 0 Å². The van der Waals surface area contributed by atoms with E-state index in [4.69, 9.17) is 5.73 Å². The van der Waals surface area contributed by atoms with Crippen molar-refractivity contribution >= 4 is 15.9 Å². The molecular weight excluding hydrogens is 288 g/mol. The number of rotatable bonds is 2. The molecule has 0 aromatic heterocycles. The number of nitrogens with two attached hydrogens (primary N) is 1. The fourth-order valence-corrected chi connectivity index (χ4v) is 4.12. The summed E-state index contributed by atoms with van der Waals surface area (Å²) in [5.41, 5.74) is 8.92. The van der Waals surface area contributed by atoms with Crippen molar-refractivity contribution in [3.63, 3.8) is 0 Å². The zero-order chi connectivity index (χ0) is 12.5. The summed E-state index contributed by atoms with van der Waals surface area (Å²) in [7, 11) is 0. The molecular formula is C15H21BrN2. The smallest absolute Gasteiger partial charge is 0.0354 e. The minimum Gasteiger partial charge on any atom is -0.330 e. The van der Waals surface area contributed by atoms with Crippen LogP contribution in [0.25, 0.3) is 0 Å². The maximum absolute atomic E-state index is 5.85. The third kappa shape index (κ3) is 2.24. The third-order valence-electron chi connectivity index (χ3n) is 4.51. The Labute approximate surface area is 118 Å². The van der Waals surface area contributed by atoms with Crippen LogP contribution in [0.4, 0.5) is 0 Å². The highest BCUT2D eigenvalue weighted by Gasteiger charge is 2.31. The number of hydrogen-bond donors (Lipinski definition) is 1. The predicted molar refractivity (Wildman–Crippen MR) is 78.6 cm³/mol. The molecule has 0 amide bonds. The van der Waals surface area contributed by atoms with E-state index in [1.165, 1.54) is 48.8 Å². The molecule has 18 heavy (non-hydrogen) atoms. The standard InChI is InChI=1S/C15H21BrN2/c16-14-5-1-4-13-12(14)6-7-15(13)18-8-2-3-11(9-17)10-18/h1,4-5,11,15H,2-3,6-10,17H2. The second-order valence-electron chi connectivity index (χ2n) is 5.60. The fourth-order valence-electron chi connectivity index (χ4n) is 3.54. The van der Waals surface area contributed by atoms with Crippen molar-refractivity contribution in [3.05, 3.63) is 33.8 Å². The van der Waals surface area contributed by atoms with E-state index in [9.17, 15) is 0 Å². The van der Waals surface area contributed by atoms with Crippen LogP contribution in [0.3, 0.4) is 0 Å². The van der Waals surface area contributed by atoms with Gasteiger partial charge < -0.3 is 5.73 Å². The third-order valence-corrected chi connectivity index (χ3v) is 5.25. The highest BCUT2D eigenvalue weighted by atomic mass is 79.9. The minimum atomic E-state index is 0.631. The van der Waals surface area contributed by atoms with Crippen molar-refractivity contribution in [2.75, 3.05) is 19.6 Å². The Kier molecular flexibility index (Phi) is 3.73. The molecule has 2 aliphatic rings. The largest absolute Gasteiger partial charge is 0.330 e. The van der Waals surface area contributed by atoms with Crippen LogP contribution >= 0.6 is 15.9 Å². The van der Waals surface area contributed by atoms with Gasteiger partial charge in [-0.05, 0) is 61.9 Å². The lowest BCUT2D eigenvalue weighted by Gasteiger charge is -2.36. The van der Waals surface area contributed by atoms with Crippen LogP contribution in [-0.2, 0) is 6.42 Å². The van der Waals surface area contributed by atoms with Crippen LogP contribution in [0.5, 0.6) is 0 Å². The van der Waals surface area contributed by atoms with Crippen LogP contribution in [0.2, 0.25) is 0 Å². The van der Waals surface area contributed by atoms with Crippen molar-refractivity contribution in [3.8, 4) is 0 Å². The van der Waals surface area contributed by atoms with E-state index in [-0.39, 0.29) is 0 Å². The number of fused-ring (bicyclic) bond motifs is 1. The van der Waals surface area contributed by atoms with E-state index in [1.54, 1.807) is 5.56 Å². The van der Waals surface area contributed by atoms with Gasteiger partial charge in [-0.3, -0.25) is 4.90 Å². The molecule has 1 aliphatic heterocycles. The van der Waals surface area contributed by atoms with Crippen LogP contribution in [0.1, 0.15) is 36.4 Å². The van der Waals surface area contributed by atoms with Crippen molar-refractivity contribution in [2.24, 2.45) is 11.7 Å². The van der Waals surface area contributed by atoms with E-state index in [2.05, 4.69) is 39.0 Å². The Bertz CT molecular complexity index is 433. The summed E-state index contributed by atoms with van der Waals surface area (Å²) in [6.07, 6.45) is 5.10. The van der Waals surface area contributed by atoms with Gasteiger partial charge in [0.1, 0.15) is 0 Å². The molecule has 2 atom stereocenters. The molecule has 2 nitrogen and oxygen atoms in total. The lowest BCUT2D eigenvalue weighted by Crippen LogP contribution is -2.40. The Balaban J connectivity index is 1.81. The summed E-state index contributed by atoms with van der Waals surface area (Å²) < 4.78 is 1.29. The van der Waals surface area contributed by atoms with Gasteiger partial charge in [0.25, 0.3) is 0 Å². The second kappa shape index (κ2) is 5.32. The van der Waals surface area contributed by atoms with Gasteiger partial charge in [0, 0.05) is 17.1 Å². The minimum absolute atomic E-state index is 0.631. The molecule has 3 rings (SSSR count). The average Bonchev–Trinajstić information content (AvgIpc) is 2.84. The molecule has 1 aliphatic carbocycles. The molecule has 1 fully saturated rings. The number of likely N-dealkylation sites (tertiary alicyclic amines) is 1. The first kappa shape index (κ1) is 12.6. The number of benzene rings is 1. The van der Waals surface area contributed by atoms with Gasteiger partial charge >= 0.3 is 0 Å². The molecule has 1 saturated heterocycles. The second-order valence-corrected chi connectivity index (χ2v) is 6.46. The zero-order valence-electron chi connectivity index (χ0n) is 10.7. The summed E-state index contributed by atoms with van der Waals surface area (Å²) >= 11 is 3.69. The van der Waals surface area contributed by atoms with E-state index in [1.807, 2.05) is 0 Å². The quantitative estimate of drug-likeness (QED) is 0.909. The Morgan fingerprint density at radius 3 is 3.06 bits per heavy atom. The Hall–Kier alpha value is -0.380. The molecule has 0 bridgehead atoms. The summed E-state index contributed by atoms with van der Waals surface area (Å²) in [6.45, 7) is 3.27. The SMILES string of the molecule is NCC1CCCN(C2CCc3c(Br)cccc32)C1. The maximum atomic E-state index is 5.85. The summed E-state index contributed by atoms with van der Waals surface area (Å²) in [6, 6.07) is 7.28. The number of hydrogen-bond acceptors (Lipinski definition) is 2. The monoisotopic (exact) mass is 308 g/mol. The summed E-state index contributed by atoms with van der Waals surface area (Å²) in [5, 5.41) is 0. The zero-order valence-corrected chi connectivity index (χ0v) is 12.3. The lowest BCUT2D eigenvalue weighted by molar-refractivity contribution is 0.125. The van der Waals surface area contributed by atoms with Crippen molar-refractivity contribution in [1.29, 1.82) is 0 Å². The molecule has 2 N–H and O–H groups in total. The van der Waals surface area contributed by atoms with Gasteiger partial charge in [0.05, 0.1) is 0 Å². The van der Waals surface area contributed by atoms with Gasteiger partial charge in [-0.25, -0.2) is 0 Å². The van der Waals surface area contributed by atoms with Crippen LogP contribution < -0.4 is 5.73 Å². The van der Waals surface area contributed by atoms with Gasteiger partial charge in [-0.1, -0.05) is 28.1 Å². The molecule has 0 saturated carbocycles. The van der Waals surface area contributed by atoms with Gasteiger partial charge in [0.15, 0.2) is 0 Å². The summed E-state index contributed by atoms with van der Waals surface area (Å²) in [5.74, 6) is 0.704. The van der Waals surface area contributed by atoms with Gasteiger partial charge in [-0.2, -0.15) is 0 Å². The van der Waals surface area contributed by atoms with Crippen LogP contribution in [0, 0.1) is 5.92 Å². The molecule has 1 aromatic rings. The Morgan fingerprint density at radius 1 is 1.33 bits per heavy atom. The molecule has 1 heterocycles. The molecule has 0 radical (unpaired) electrons. The molecule has 0 spiro atoms. The molecule has 1 aromatic carbocycles. The summed E-state index contributed by atoms with van der Waals surface area (Å²) in [4.78, 5) is 2.67. The Morgan fingerprint density at radius 2 is 2.22 bits per heavy atom. The van der Waals surface area contributed by atoms with Crippen molar-refractivity contribution in [2.45, 2.75) is 31.7 Å². The first-order valence-corrected chi connectivity index (χ1v) is 7.80. The number of nitrogens with zero attached hydrogens (tertiary/aromatic N) is 1. The van der Waals surface area contributed by atoms with Crippen molar-refractivity contribution in [1.82, 2.24) is 4.90 Å². The van der Waals surface area contributed by atoms with E-state index >= 15 is 0 Å². The topological polar surface area (TPSA) is 29.3 Å². The normalized spacial score (nSPS) is 28.3. The predicted octanol–water partition coefficient (Wildman–Crippen LogP) is 3.11. The van der Waals surface area contributed by atoms with E-state index in [0.717, 1.165) is 6.54 Å².